The molecule has 3 aromatic rings. The van der Waals surface area contributed by atoms with Gasteiger partial charge in [0.05, 0.1) is 5.75 Å². The second-order valence-corrected chi connectivity index (χ2v) is 8.30. The third kappa shape index (κ3) is 5.07. The Labute approximate surface area is 167 Å². The molecule has 6 nitrogen and oxygen atoms in total. The number of carbonyl (C=O) groups is 1. The van der Waals surface area contributed by atoms with E-state index in [0.29, 0.717) is 10.7 Å². The number of H-pyrrole nitrogens is 1. The number of benzene rings is 2. The molecule has 0 aliphatic heterocycles. The molecular formula is C21H22N4O2S. The van der Waals surface area contributed by atoms with E-state index in [1.54, 1.807) is 12.1 Å². The van der Waals surface area contributed by atoms with Gasteiger partial charge in [0, 0.05) is 11.3 Å². The molecule has 0 aliphatic carbocycles. The van der Waals surface area contributed by atoms with Crippen LogP contribution in [-0.2, 0) is 10.2 Å². The normalized spacial score (nSPS) is 11.2. The van der Waals surface area contributed by atoms with Gasteiger partial charge in [-0.25, -0.2) is 0 Å². The molecule has 0 radical (unpaired) electrons. The molecule has 1 amide bonds. The number of nitrogens with zero attached hydrogens (tertiary/aromatic N) is 2. The third-order valence-corrected chi connectivity index (χ3v) is 4.96. The number of anilines is 1. The van der Waals surface area contributed by atoms with Gasteiger partial charge >= 0.3 is 0 Å². The molecule has 0 fully saturated rings. The minimum Gasteiger partial charge on any atom is -0.325 e. The highest BCUT2D eigenvalue weighted by molar-refractivity contribution is 7.99. The molecule has 0 saturated carbocycles. The lowest BCUT2D eigenvalue weighted by Crippen LogP contribution is -2.17. The number of hydrogen-bond acceptors (Lipinski definition) is 5. The Hall–Kier alpha value is -2.93. The van der Waals surface area contributed by atoms with Gasteiger partial charge in [-0.15, -0.1) is 10.2 Å². The molecule has 1 aromatic heterocycles. The summed E-state index contributed by atoms with van der Waals surface area (Å²) >= 11 is 1.13. The fourth-order valence-corrected chi connectivity index (χ4v) is 3.16. The summed E-state index contributed by atoms with van der Waals surface area (Å²) in [4.78, 5) is 27.1. The zero-order valence-corrected chi connectivity index (χ0v) is 16.8. The maximum absolute atomic E-state index is 12.2. The molecule has 0 aliphatic rings. The predicted molar refractivity (Wildman–Crippen MR) is 113 cm³/mol. The van der Waals surface area contributed by atoms with Crippen molar-refractivity contribution in [3.05, 3.63) is 70.5 Å². The molecule has 7 heteroatoms. The first-order valence-corrected chi connectivity index (χ1v) is 9.87. The highest BCUT2D eigenvalue weighted by Crippen LogP contribution is 2.23. The number of carbonyl (C=O) groups excluding carboxylic acids is 1. The summed E-state index contributed by atoms with van der Waals surface area (Å²) in [5.41, 5.74) is 2.62. The van der Waals surface area contributed by atoms with Crippen LogP contribution in [0.15, 0.2) is 64.5 Å². The SMILES string of the molecule is CC(C)(C)c1ccc(NC(=O)CSc2nnc(-c3ccccc3)c(=O)[nH]2)cc1. The van der Waals surface area contributed by atoms with Crippen molar-refractivity contribution in [2.75, 3.05) is 11.1 Å². The average molecular weight is 395 g/mol. The van der Waals surface area contributed by atoms with Crippen LogP contribution in [0.25, 0.3) is 11.3 Å². The summed E-state index contributed by atoms with van der Waals surface area (Å²) in [6.07, 6.45) is 0. The summed E-state index contributed by atoms with van der Waals surface area (Å²) in [7, 11) is 0. The van der Waals surface area contributed by atoms with Crippen LogP contribution in [-0.4, -0.2) is 26.8 Å². The first-order valence-electron chi connectivity index (χ1n) is 8.88. The summed E-state index contributed by atoms with van der Waals surface area (Å²) in [6.45, 7) is 6.42. The Morgan fingerprint density at radius 1 is 1.04 bits per heavy atom. The van der Waals surface area contributed by atoms with Gasteiger partial charge in [-0.1, -0.05) is 75.0 Å². The van der Waals surface area contributed by atoms with Crippen LogP contribution in [0.3, 0.4) is 0 Å². The van der Waals surface area contributed by atoms with Crippen molar-refractivity contribution in [1.82, 2.24) is 15.2 Å². The van der Waals surface area contributed by atoms with E-state index in [1.807, 2.05) is 42.5 Å². The monoisotopic (exact) mass is 394 g/mol. The Morgan fingerprint density at radius 3 is 2.32 bits per heavy atom. The van der Waals surface area contributed by atoms with Gasteiger partial charge in [-0.05, 0) is 23.1 Å². The van der Waals surface area contributed by atoms with Crippen molar-refractivity contribution in [2.24, 2.45) is 0 Å². The fraction of sp³-hybridized carbons (Fsp3) is 0.238. The zero-order valence-electron chi connectivity index (χ0n) is 16.0. The topological polar surface area (TPSA) is 87.7 Å². The van der Waals surface area contributed by atoms with Gasteiger partial charge in [0.25, 0.3) is 5.56 Å². The van der Waals surface area contributed by atoms with Crippen molar-refractivity contribution >= 4 is 23.4 Å². The van der Waals surface area contributed by atoms with Crippen LogP contribution < -0.4 is 10.9 Å². The van der Waals surface area contributed by atoms with Crippen molar-refractivity contribution in [3.8, 4) is 11.3 Å². The molecule has 3 rings (SSSR count). The van der Waals surface area contributed by atoms with Crippen molar-refractivity contribution < 1.29 is 4.79 Å². The number of rotatable bonds is 5. The van der Waals surface area contributed by atoms with E-state index in [1.165, 1.54) is 5.56 Å². The number of aromatic amines is 1. The molecule has 2 N–H and O–H groups in total. The van der Waals surface area contributed by atoms with Gasteiger partial charge in [0.1, 0.15) is 0 Å². The van der Waals surface area contributed by atoms with E-state index in [0.717, 1.165) is 17.4 Å². The zero-order chi connectivity index (χ0) is 20.1. The highest BCUT2D eigenvalue weighted by Gasteiger charge is 2.13. The minimum atomic E-state index is -0.332. The van der Waals surface area contributed by atoms with E-state index < -0.39 is 0 Å². The predicted octanol–water partition coefficient (Wildman–Crippen LogP) is 3.86. The van der Waals surface area contributed by atoms with Crippen LogP contribution in [0.2, 0.25) is 0 Å². The lowest BCUT2D eigenvalue weighted by molar-refractivity contribution is -0.113. The molecule has 144 valence electrons. The van der Waals surface area contributed by atoms with Gasteiger partial charge < -0.3 is 5.32 Å². The second kappa shape index (κ2) is 8.39. The fourth-order valence-electron chi connectivity index (χ4n) is 2.56. The van der Waals surface area contributed by atoms with Crippen LogP contribution in [0.4, 0.5) is 5.69 Å². The van der Waals surface area contributed by atoms with Crippen molar-refractivity contribution in [1.29, 1.82) is 0 Å². The molecule has 0 bridgehead atoms. The molecule has 2 aromatic carbocycles. The van der Waals surface area contributed by atoms with Crippen LogP contribution >= 0.6 is 11.8 Å². The number of amides is 1. The molecule has 0 spiro atoms. The minimum absolute atomic E-state index is 0.0643. The number of aromatic nitrogens is 3. The lowest BCUT2D eigenvalue weighted by atomic mass is 9.87. The maximum atomic E-state index is 12.2. The Kier molecular flexibility index (Phi) is 5.94. The van der Waals surface area contributed by atoms with Crippen molar-refractivity contribution in [3.63, 3.8) is 0 Å². The van der Waals surface area contributed by atoms with Gasteiger partial charge in [-0.2, -0.15) is 0 Å². The highest BCUT2D eigenvalue weighted by atomic mass is 32.2. The van der Waals surface area contributed by atoms with Crippen LogP contribution in [0, 0.1) is 0 Å². The lowest BCUT2D eigenvalue weighted by Gasteiger charge is -2.19. The van der Waals surface area contributed by atoms with Gasteiger partial charge in [0.2, 0.25) is 5.91 Å². The Balaban J connectivity index is 1.59. The summed E-state index contributed by atoms with van der Waals surface area (Å²) in [6, 6.07) is 16.9. The Morgan fingerprint density at radius 2 is 1.71 bits per heavy atom. The summed E-state index contributed by atoms with van der Waals surface area (Å²) < 4.78 is 0. The summed E-state index contributed by atoms with van der Waals surface area (Å²) in [5, 5.41) is 11.2. The number of nitrogens with one attached hydrogen (secondary N) is 2. The quantitative estimate of drug-likeness (QED) is 0.642. The average Bonchev–Trinajstić information content (AvgIpc) is 2.67. The smallest absolute Gasteiger partial charge is 0.278 e. The molecule has 0 unspecified atom stereocenters. The standard InChI is InChI=1S/C21H22N4O2S/c1-21(2,3)15-9-11-16(12-10-15)22-17(26)13-28-20-23-19(27)18(24-25-20)14-7-5-4-6-8-14/h4-12H,13H2,1-3H3,(H,22,26)(H,23,25,27). The van der Waals surface area contributed by atoms with E-state index >= 15 is 0 Å². The number of hydrogen-bond donors (Lipinski definition) is 2. The van der Waals surface area contributed by atoms with E-state index in [9.17, 15) is 9.59 Å². The van der Waals surface area contributed by atoms with E-state index in [4.69, 9.17) is 0 Å². The molecular weight excluding hydrogens is 372 g/mol. The molecule has 0 saturated heterocycles. The van der Waals surface area contributed by atoms with Gasteiger partial charge in [0.15, 0.2) is 10.9 Å². The summed E-state index contributed by atoms with van der Waals surface area (Å²) in [5.74, 6) is -0.0562. The molecule has 0 atom stereocenters. The molecule has 28 heavy (non-hydrogen) atoms. The first kappa shape index (κ1) is 19.8. The van der Waals surface area contributed by atoms with E-state index in [-0.39, 0.29) is 28.3 Å². The third-order valence-electron chi connectivity index (χ3n) is 4.10. The Bertz CT molecular complexity index is 1010. The van der Waals surface area contributed by atoms with Crippen LogP contribution in [0.1, 0.15) is 26.3 Å². The van der Waals surface area contributed by atoms with Crippen molar-refractivity contribution in [2.45, 2.75) is 31.3 Å². The van der Waals surface area contributed by atoms with Crippen LogP contribution in [0.5, 0.6) is 0 Å². The second-order valence-electron chi connectivity index (χ2n) is 7.34. The number of thioether (sulfide) groups is 1. The maximum Gasteiger partial charge on any atom is 0.278 e. The van der Waals surface area contributed by atoms with E-state index in [2.05, 4.69) is 41.3 Å². The largest absolute Gasteiger partial charge is 0.325 e. The first-order chi connectivity index (χ1) is 13.3. The van der Waals surface area contributed by atoms with Gasteiger partial charge in [-0.3, -0.25) is 14.6 Å². The molecule has 1 heterocycles.